The molecule has 0 fully saturated rings. The standard InChI is InChI=1S/C6H11NO4.C3H10NO2P.C3H7NO2.C2H7NO3S.CH4/c1-4(8)5(9)3-6(10)7(2)11;1-4(5)7(2,3)6;1-3(5)4(2)6;1-3(4)7(2,5)6;/h4,8,11H,3H2,1-2H3;5H,1-3H3;6H,1-2H3;4H,1-2H3;1H4. The van der Waals surface area contributed by atoms with Gasteiger partial charge in [0.1, 0.15) is 6.10 Å². The van der Waals surface area contributed by atoms with E-state index in [9.17, 15) is 27.4 Å². The van der Waals surface area contributed by atoms with Crippen molar-refractivity contribution < 1.29 is 53.3 Å². The zero-order valence-corrected chi connectivity index (χ0v) is 20.8. The molecule has 0 aromatic heterocycles. The van der Waals surface area contributed by atoms with E-state index in [0.29, 0.717) is 10.1 Å². The highest BCUT2D eigenvalue weighted by Gasteiger charge is 2.16. The molecule has 0 bridgehead atoms. The van der Waals surface area contributed by atoms with Gasteiger partial charge in [0.2, 0.25) is 15.9 Å². The second-order valence-electron chi connectivity index (χ2n) is 6.26. The van der Waals surface area contributed by atoms with Crippen molar-refractivity contribution in [1.29, 1.82) is 0 Å². The van der Waals surface area contributed by atoms with Crippen LogP contribution in [-0.2, 0) is 29.0 Å². The Kier molecular flexibility index (Phi) is 24.3. The molecule has 0 heterocycles. The molecule has 0 radical (unpaired) electrons. The second-order valence-corrected chi connectivity index (χ2v) is 11.4. The summed E-state index contributed by atoms with van der Waals surface area (Å²) in [7, 11) is -0.871. The Morgan fingerprint density at radius 2 is 1.19 bits per heavy atom. The Morgan fingerprint density at radius 3 is 1.28 bits per heavy atom. The third kappa shape index (κ3) is 30.7. The Morgan fingerprint density at radius 1 is 0.938 bits per heavy atom. The Bertz CT molecular complexity index is 671. The maximum atomic E-state index is 10.6. The molecule has 0 saturated heterocycles. The molecular weight excluding hydrogens is 475 g/mol. The second kappa shape index (κ2) is 19.0. The van der Waals surface area contributed by atoms with Crippen molar-refractivity contribution in [1.82, 2.24) is 19.4 Å². The molecule has 0 aromatic rings. The number of hydroxylamine groups is 6. The molecule has 0 rings (SSSR count). The van der Waals surface area contributed by atoms with Crippen LogP contribution in [0.3, 0.4) is 0 Å². The van der Waals surface area contributed by atoms with Crippen LogP contribution in [-0.4, -0.2) is 125 Å². The summed E-state index contributed by atoms with van der Waals surface area (Å²) >= 11 is 0. The van der Waals surface area contributed by atoms with Gasteiger partial charge >= 0.3 is 0 Å². The molecule has 17 heteroatoms. The van der Waals surface area contributed by atoms with Crippen molar-refractivity contribution in [2.75, 3.05) is 47.8 Å². The van der Waals surface area contributed by atoms with Gasteiger partial charge in [-0.3, -0.25) is 30.0 Å². The first-order chi connectivity index (χ1) is 13.5. The van der Waals surface area contributed by atoms with Gasteiger partial charge in [0.05, 0.1) is 12.7 Å². The topological polar surface area (TPSA) is 217 Å². The smallest absolute Gasteiger partial charge is 0.253 e. The normalized spacial score (nSPS) is 11.2. The lowest BCUT2D eigenvalue weighted by atomic mass is 10.2. The van der Waals surface area contributed by atoms with Crippen LogP contribution in [0.25, 0.3) is 0 Å². The Hall–Kier alpha value is -1.49. The first kappa shape index (κ1) is 40.8. The molecule has 0 aliphatic rings. The van der Waals surface area contributed by atoms with Crippen molar-refractivity contribution in [3.63, 3.8) is 0 Å². The van der Waals surface area contributed by atoms with Crippen LogP contribution in [0.15, 0.2) is 0 Å². The minimum atomic E-state index is -3.35. The lowest BCUT2D eigenvalue weighted by molar-refractivity contribution is -0.161. The van der Waals surface area contributed by atoms with Gasteiger partial charge in [0, 0.05) is 48.4 Å². The van der Waals surface area contributed by atoms with E-state index in [1.807, 2.05) is 0 Å². The molecule has 196 valence electrons. The van der Waals surface area contributed by atoms with E-state index in [1.165, 1.54) is 41.3 Å². The summed E-state index contributed by atoms with van der Waals surface area (Å²) in [6.45, 7) is 5.53. The fourth-order valence-corrected chi connectivity index (χ4v) is 0.411. The predicted octanol–water partition coefficient (Wildman–Crippen LogP) is -0.224. The number of hydrogen-bond donors (Lipinski definition) is 5. The van der Waals surface area contributed by atoms with Crippen molar-refractivity contribution in [2.45, 2.75) is 33.8 Å². The molecule has 2 amide bonds. The van der Waals surface area contributed by atoms with Crippen LogP contribution in [0.4, 0.5) is 0 Å². The summed E-state index contributed by atoms with van der Waals surface area (Å²) in [4.78, 5) is 31.8. The lowest BCUT2D eigenvalue weighted by Crippen LogP contribution is -2.28. The quantitative estimate of drug-likeness (QED) is 0.139. The number of aliphatic hydroxyl groups is 1. The number of hydrogen-bond acceptors (Lipinski definition) is 11. The van der Waals surface area contributed by atoms with Gasteiger partial charge in [-0.05, 0) is 6.92 Å². The van der Waals surface area contributed by atoms with Crippen LogP contribution in [0.5, 0.6) is 0 Å². The minimum absolute atomic E-state index is 0. The maximum Gasteiger partial charge on any atom is 0.253 e. The zero-order valence-electron chi connectivity index (χ0n) is 19.1. The van der Waals surface area contributed by atoms with Crippen molar-refractivity contribution in [3.8, 4) is 0 Å². The van der Waals surface area contributed by atoms with E-state index in [1.54, 1.807) is 0 Å². The number of carbonyl (C=O) groups excluding carboxylic acids is 3. The highest BCUT2D eigenvalue weighted by atomic mass is 32.2. The molecule has 1 unspecified atom stereocenters. The number of amides is 2. The van der Waals surface area contributed by atoms with E-state index in [0.717, 1.165) is 25.2 Å². The van der Waals surface area contributed by atoms with Crippen molar-refractivity contribution >= 4 is 34.9 Å². The first-order valence-corrected chi connectivity index (χ1v) is 12.6. The van der Waals surface area contributed by atoms with Gasteiger partial charge in [0.25, 0.3) is 5.91 Å². The van der Waals surface area contributed by atoms with E-state index in [4.69, 9.17) is 25.9 Å². The summed E-state index contributed by atoms with van der Waals surface area (Å²) in [6, 6.07) is 0. The molecule has 0 aliphatic carbocycles. The van der Waals surface area contributed by atoms with Crippen molar-refractivity contribution in [3.05, 3.63) is 0 Å². The van der Waals surface area contributed by atoms with Crippen LogP contribution in [0, 0.1) is 0 Å². The molecule has 1 atom stereocenters. The van der Waals surface area contributed by atoms with Crippen LogP contribution >= 0.6 is 7.29 Å². The number of ketones is 1. The third-order valence-corrected chi connectivity index (χ3v) is 5.14. The van der Waals surface area contributed by atoms with E-state index in [2.05, 4.69) is 0 Å². The highest BCUT2D eigenvalue weighted by Crippen LogP contribution is 2.37. The summed E-state index contributed by atoms with van der Waals surface area (Å²) in [5.74, 6) is -1.68. The van der Waals surface area contributed by atoms with Gasteiger partial charge in [-0.1, -0.05) is 11.9 Å². The molecular formula is C15H39N4O11PS. The fourth-order valence-electron chi connectivity index (χ4n) is 0.411. The van der Waals surface area contributed by atoms with Crippen LogP contribution in [0.1, 0.15) is 27.7 Å². The number of sulfonamides is 1. The highest BCUT2D eigenvalue weighted by molar-refractivity contribution is 7.88. The molecule has 32 heavy (non-hydrogen) atoms. The first-order valence-electron chi connectivity index (χ1n) is 8.18. The molecule has 5 N–H and O–H groups in total. The summed E-state index contributed by atoms with van der Waals surface area (Å²) < 4.78 is 30.8. The Labute approximate surface area is 189 Å². The number of nitrogens with zero attached hydrogens (tertiary/aromatic N) is 4. The molecule has 0 spiro atoms. The molecule has 0 saturated carbocycles. The summed E-state index contributed by atoms with van der Waals surface area (Å²) in [5.41, 5.74) is 0. The number of aliphatic hydroxyl groups excluding tert-OH is 1. The molecule has 15 nitrogen and oxygen atoms in total. The summed E-state index contributed by atoms with van der Waals surface area (Å²) in [6.07, 6.45) is -0.712. The van der Waals surface area contributed by atoms with Gasteiger partial charge in [0.15, 0.2) is 13.1 Å². The average Bonchev–Trinajstić information content (AvgIpc) is 2.54. The van der Waals surface area contributed by atoms with Crippen LogP contribution in [0.2, 0.25) is 0 Å². The minimum Gasteiger partial charge on any atom is -0.386 e. The predicted molar refractivity (Wildman–Crippen MR) is 116 cm³/mol. The van der Waals surface area contributed by atoms with E-state index in [-0.39, 0.29) is 17.8 Å². The fraction of sp³-hybridized carbons (Fsp3) is 0.800. The number of Topliss-reactive ketones (excluding diaryl/α,β-unsaturated/α-hetero) is 1. The van der Waals surface area contributed by atoms with E-state index < -0.39 is 41.5 Å². The van der Waals surface area contributed by atoms with Gasteiger partial charge in [-0.15, -0.1) is 4.83 Å². The van der Waals surface area contributed by atoms with Crippen LogP contribution < -0.4 is 0 Å². The number of rotatable bonds is 5. The Balaban J connectivity index is -0.000000103. The lowest BCUT2D eigenvalue weighted by Gasteiger charge is -2.11. The van der Waals surface area contributed by atoms with E-state index >= 15 is 0 Å². The zero-order chi connectivity index (χ0) is 26.3. The monoisotopic (exact) mass is 514 g/mol. The van der Waals surface area contributed by atoms with Gasteiger partial charge < -0.3 is 14.9 Å². The molecule has 0 aliphatic heterocycles. The third-order valence-electron chi connectivity index (χ3n) is 2.79. The average molecular weight is 515 g/mol. The largest absolute Gasteiger partial charge is 0.386 e. The van der Waals surface area contributed by atoms with Gasteiger partial charge in [-0.2, -0.15) is 0 Å². The summed E-state index contributed by atoms with van der Waals surface area (Å²) in [5, 5.41) is 42.7. The SMILES string of the molecule is C.CC(=O)N(C)O.CC(O)C(=O)CC(=O)N(C)O.CN(O)P(C)(C)=O.CN(O)S(C)(=O)=O. The maximum absolute atomic E-state index is 10.6. The number of carbonyl (C=O) groups is 3. The van der Waals surface area contributed by atoms with Crippen molar-refractivity contribution in [2.24, 2.45) is 0 Å². The van der Waals surface area contributed by atoms with Gasteiger partial charge in [-0.25, -0.2) is 18.5 Å². The molecule has 0 aromatic carbocycles.